The Morgan fingerprint density at radius 3 is 2.40 bits per heavy atom. The van der Waals surface area contributed by atoms with Gasteiger partial charge in [-0.15, -0.1) is 0 Å². The van der Waals surface area contributed by atoms with E-state index in [0.717, 1.165) is 17.5 Å². The van der Waals surface area contributed by atoms with Crippen LogP contribution in [0, 0.1) is 16.7 Å². The van der Waals surface area contributed by atoms with Gasteiger partial charge in [-0.1, -0.05) is 38.1 Å². The molecule has 5 nitrogen and oxygen atoms in total. The van der Waals surface area contributed by atoms with Crippen LogP contribution in [-0.4, -0.2) is 29.6 Å². The maximum absolute atomic E-state index is 13.0. The second-order valence-corrected chi connectivity index (χ2v) is 8.83. The molecular weight excluding hydrogens is 351 g/mol. The van der Waals surface area contributed by atoms with Crippen LogP contribution < -0.4 is 29.6 Å². The van der Waals surface area contributed by atoms with E-state index in [-0.39, 0.29) is 47.9 Å². The Hall–Kier alpha value is -0.500. The topological polar surface area (TPSA) is 94.5 Å². The van der Waals surface area contributed by atoms with Crippen molar-refractivity contribution in [3.63, 3.8) is 0 Å². The van der Waals surface area contributed by atoms with Crippen LogP contribution in [0.15, 0.2) is 29.8 Å². The third kappa shape index (κ3) is 3.40. The first kappa shape index (κ1) is 20.8. The quantitative estimate of drug-likeness (QED) is 0.421. The zero-order valence-corrected chi connectivity index (χ0v) is 17.6. The van der Waals surface area contributed by atoms with Gasteiger partial charge in [-0.25, -0.2) is 8.42 Å². The Balaban J connectivity index is 0.00000225. The average molecular weight is 372 g/mol. The van der Waals surface area contributed by atoms with Gasteiger partial charge in [0, 0.05) is 5.57 Å². The molecule has 2 unspecified atom stereocenters. The second kappa shape index (κ2) is 6.91. The number of Topliss-reactive ketones (excluding diaryl/α,β-unsaturated/α-hetero) is 1. The summed E-state index contributed by atoms with van der Waals surface area (Å²) in [6.07, 6.45) is 2.97. The Morgan fingerprint density at radius 2 is 1.88 bits per heavy atom. The van der Waals surface area contributed by atoms with Crippen LogP contribution in [0.4, 0.5) is 0 Å². The van der Waals surface area contributed by atoms with Crippen molar-refractivity contribution in [2.45, 2.75) is 33.3 Å². The monoisotopic (exact) mass is 372 g/mol. The Morgan fingerprint density at radius 1 is 1.28 bits per heavy atom. The van der Waals surface area contributed by atoms with Gasteiger partial charge in [-0.05, 0) is 41.4 Å². The van der Waals surface area contributed by atoms with E-state index in [2.05, 4.69) is 0 Å². The zero-order chi connectivity index (χ0) is 17.8. The summed E-state index contributed by atoms with van der Waals surface area (Å²) in [7, 11) is -4.49. The maximum Gasteiger partial charge on any atom is 1.00 e. The molecule has 0 heterocycles. The van der Waals surface area contributed by atoms with E-state index in [1.54, 1.807) is 18.2 Å². The number of allylic oxidation sites excluding steroid dienone is 1. The molecule has 2 atom stereocenters. The molecule has 130 valence electrons. The number of rotatable bonds is 4. The summed E-state index contributed by atoms with van der Waals surface area (Å²) >= 11 is 0. The van der Waals surface area contributed by atoms with Crippen LogP contribution in [0.5, 0.6) is 0 Å². The molecule has 0 aliphatic heterocycles. The summed E-state index contributed by atoms with van der Waals surface area (Å²) in [5, 5.41) is 9.10. The van der Waals surface area contributed by atoms with Crippen LogP contribution in [0.2, 0.25) is 0 Å². The minimum Gasteiger partial charge on any atom is -0.748 e. The van der Waals surface area contributed by atoms with Gasteiger partial charge in [0.15, 0.2) is 5.78 Å². The summed E-state index contributed by atoms with van der Waals surface area (Å²) in [4.78, 5) is 13.0. The van der Waals surface area contributed by atoms with Crippen molar-refractivity contribution in [1.82, 2.24) is 0 Å². The molecule has 0 saturated heterocycles. The standard InChI is InChI=1S/C18H22O5S.Na/c1-17(2)15-7-8-18(17,11-24(21,22)23)16(20)14(15)9-12-3-5-13(10-19)6-4-12;/h3-6,9,15,19H,7-8,10-11H2,1-2H3,(H,21,22,23);/q;+1/p-1/b14-9+;. The minimum absolute atomic E-state index is 0. The number of carbonyl (C=O) groups is 1. The van der Waals surface area contributed by atoms with Gasteiger partial charge >= 0.3 is 29.6 Å². The predicted molar refractivity (Wildman–Crippen MR) is 88.9 cm³/mol. The van der Waals surface area contributed by atoms with E-state index in [1.807, 2.05) is 26.0 Å². The summed E-state index contributed by atoms with van der Waals surface area (Å²) in [6.45, 7) is 3.74. The molecule has 25 heavy (non-hydrogen) atoms. The third-order valence-corrected chi connectivity index (χ3v) is 6.79. The molecule has 0 aromatic heterocycles. The molecule has 2 bridgehead atoms. The number of ketones is 1. The van der Waals surface area contributed by atoms with Crippen LogP contribution in [-0.2, 0) is 21.5 Å². The molecule has 0 radical (unpaired) electrons. The van der Waals surface area contributed by atoms with Gasteiger partial charge in [0.2, 0.25) is 0 Å². The summed E-state index contributed by atoms with van der Waals surface area (Å²) in [5.74, 6) is -0.859. The van der Waals surface area contributed by atoms with Crippen LogP contribution in [0.25, 0.3) is 6.08 Å². The first-order valence-electron chi connectivity index (χ1n) is 8.00. The normalized spacial score (nSPS) is 29.0. The van der Waals surface area contributed by atoms with E-state index in [1.165, 1.54) is 0 Å². The van der Waals surface area contributed by atoms with E-state index < -0.39 is 26.7 Å². The average Bonchev–Trinajstić information content (AvgIpc) is 2.81. The molecular formula is C18H21NaO5S. The molecule has 0 spiro atoms. The number of carbonyl (C=O) groups excluding carboxylic acids is 1. The molecule has 1 N–H and O–H groups in total. The van der Waals surface area contributed by atoms with Crippen molar-refractivity contribution >= 4 is 22.0 Å². The second-order valence-electron chi connectivity index (χ2n) is 7.43. The van der Waals surface area contributed by atoms with Crippen molar-refractivity contribution in [1.29, 1.82) is 0 Å². The number of aliphatic hydroxyl groups excluding tert-OH is 1. The summed E-state index contributed by atoms with van der Waals surface area (Å²) < 4.78 is 34.2. The van der Waals surface area contributed by atoms with E-state index in [9.17, 15) is 17.8 Å². The van der Waals surface area contributed by atoms with Crippen LogP contribution >= 0.6 is 0 Å². The first-order chi connectivity index (χ1) is 11.1. The summed E-state index contributed by atoms with van der Waals surface area (Å²) in [5.41, 5.74) is 0.587. The van der Waals surface area contributed by atoms with E-state index >= 15 is 0 Å². The van der Waals surface area contributed by atoms with Crippen LogP contribution in [0.1, 0.15) is 37.8 Å². The fraction of sp³-hybridized carbons (Fsp3) is 0.500. The maximum atomic E-state index is 13.0. The van der Waals surface area contributed by atoms with Crippen molar-refractivity contribution in [3.8, 4) is 0 Å². The largest absolute Gasteiger partial charge is 1.00 e. The molecule has 1 aromatic carbocycles. The van der Waals surface area contributed by atoms with Crippen molar-refractivity contribution in [3.05, 3.63) is 41.0 Å². The number of hydrogen-bond donors (Lipinski definition) is 1. The Labute approximate surface area is 170 Å². The number of fused-ring (bicyclic) bond motifs is 2. The molecule has 7 heteroatoms. The fourth-order valence-corrected chi connectivity index (χ4v) is 5.73. The number of aliphatic hydroxyl groups is 1. The van der Waals surface area contributed by atoms with E-state index in [0.29, 0.717) is 12.0 Å². The Bertz CT molecular complexity index is 810. The fourth-order valence-electron chi connectivity index (χ4n) is 4.48. The van der Waals surface area contributed by atoms with Gasteiger partial charge in [0.1, 0.15) is 0 Å². The van der Waals surface area contributed by atoms with Crippen molar-refractivity contribution in [2.75, 3.05) is 5.75 Å². The first-order valence-corrected chi connectivity index (χ1v) is 9.58. The van der Waals surface area contributed by atoms with Gasteiger partial charge in [-0.3, -0.25) is 4.79 Å². The number of hydrogen-bond acceptors (Lipinski definition) is 5. The van der Waals surface area contributed by atoms with E-state index in [4.69, 9.17) is 5.11 Å². The molecule has 2 aliphatic carbocycles. The third-order valence-electron chi connectivity index (χ3n) is 5.94. The Kier molecular flexibility index (Phi) is 5.75. The van der Waals surface area contributed by atoms with Gasteiger partial charge < -0.3 is 9.66 Å². The molecule has 0 amide bonds. The van der Waals surface area contributed by atoms with Crippen molar-refractivity contribution < 1.29 is 52.4 Å². The van der Waals surface area contributed by atoms with Gasteiger partial charge in [0.25, 0.3) is 0 Å². The predicted octanol–water partition coefficient (Wildman–Crippen LogP) is -0.883. The molecule has 3 rings (SSSR count). The summed E-state index contributed by atoms with van der Waals surface area (Å²) in [6, 6.07) is 7.21. The molecule has 1 aromatic rings. The minimum atomic E-state index is -4.49. The zero-order valence-electron chi connectivity index (χ0n) is 14.8. The molecule has 2 aliphatic rings. The number of benzene rings is 1. The van der Waals surface area contributed by atoms with Gasteiger partial charge in [0.05, 0.1) is 27.9 Å². The molecule has 2 fully saturated rings. The van der Waals surface area contributed by atoms with Crippen LogP contribution in [0.3, 0.4) is 0 Å². The smallest absolute Gasteiger partial charge is 0.748 e. The molecule has 2 saturated carbocycles. The SMILES string of the molecule is CC1(C)C2CCC1(CS(=O)(=O)[O-])C(=O)/C2=C/c1ccc(CO)cc1.[Na+]. The van der Waals surface area contributed by atoms with Gasteiger partial charge in [-0.2, -0.15) is 0 Å². The van der Waals surface area contributed by atoms with Crippen molar-refractivity contribution in [2.24, 2.45) is 16.7 Å².